The van der Waals surface area contributed by atoms with Gasteiger partial charge >= 0.3 is 0 Å². The molecule has 0 fully saturated rings. The summed E-state index contributed by atoms with van der Waals surface area (Å²) < 4.78 is 5.91. The lowest BCUT2D eigenvalue weighted by molar-refractivity contribution is -0.115. The maximum atomic E-state index is 11.5. The number of rotatable bonds is 5. The number of nitrogens with zero attached hydrogens (tertiary/aromatic N) is 2. The molecule has 0 radical (unpaired) electrons. The van der Waals surface area contributed by atoms with Gasteiger partial charge < -0.3 is 20.7 Å². The zero-order valence-electron chi connectivity index (χ0n) is 14.4. The second-order valence-electron chi connectivity index (χ2n) is 5.97. The largest absolute Gasteiger partial charge is 0.497 e. The molecule has 2 heterocycles. The number of fused-ring (bicyclic) bond motifs is 1. The maximum Gasteiger partial charge on any atom is 0.229 e. The van der Waals surface area contributed by atoms with Crippen LogP contribution >= 0.6 is 15.9 Å². The number of aromatic nitrogens is 2. The average molecular weight is 426 g/mol. The predicted molar refractivity (Wildman–Crippen MR) is 108 cm³/mol. The lowest BCUT2D eigenvalue weighted by Crippen LogP contribution is -2.03. The number of carbonyl (C=O) groups is 1. The van der Waals surface area contributed by atoms with Crippen molar-refractivity contribution in [3.63, 3.8) is 0 Å². The average Bonchev–Trinajstić information content (AvgIpc) is 3.04. The summed E-state index contributed by atoms with van der Waals surface area (Å²) in [6.45, 7) is 0. The van der Waals surface area contributed by atoms with Crippen molar-refractivity contribution in [2.45, 2.75) is 6.42 Å². The van der Waals surface area contributed by atoms with Crippen molar-refractivity contribution in [2.24, 2.45) is 0 Å². The molecule has 0 unspecified atom stereocenters. The van der Waals surface area contributed by atoms with Crippen LogP contribution < -0.4 is 20.7 Å². The number of benzene rings is 2. The van der Waals surface area contributed by atoms with Gasteiger partial charge in [0.2, 0.25) is 11.9 Å². The second-order valence-corrected chi connectivity index (χ2v) is 6.82. The zero-order chi connectivity index (χ0) is 18.8. The second kappa shape index (κ2) is 7.24. The summed E-state index contributed by atoms with van der Waals surface area (Å²) in [4.78, 5) is 20.3. The van der Waals surface area contributed by atoms with E-state index in [1.807, 2.05) is 42.5 Å². The molecule has 3 aromatic rings. The fourth-order valence-corrected chi connectivity index (χ4v) is 3.05. The van der Waals surface area contributed by atoms with Gasteiger partial charge in [-0.3, -0.25) is 4.79 Å². The minimum atomic E-state index is 0.00743. The van der Waals surface area contributed by atoms with Crippen molar-refractivity contribution in [1.82, 2.24) is 9.97 Å². The summed E-state index contributed by atoms with van der Waals surface area (Å²) in [5.74, 6) is 1.88. The minimum absolute atomic E-state index is 0.00743. The van der Waals surface area contributed by atoms with Crippen LogP contribution in [0.4, 0.5) is 28.8 Å². The number of hydrogen-bond donors (Lipinski definition) is 3. The number of nitrogens with one attached hydrogen (secondary N) is 3. The molecular formula is C19H16BrN5O2. The van der Waals surface area contributed by atoms with E-state index in [0.717, 1.165) is 32.8 Å². The summed E-state index contributed by atoms with van der Waals surface area (Å²) in [5, 5.41) is 9.24. The first kappa shape index (κ1) is 17.3. The van der Waals surface area contributed by atoms with Crippen molar-refractivity contribution in [2.75, 3.05) is 23.1 Å². The number of anilines is 5. The summed E-state index contributed by atoms with van der Waals surface area (Å²) in [6, 6.07) is 13.2. The van der Waals surface area contributed by atoms with Crippen LogP contribution in [0.5, 0.6) is 5.75 Å². The molecule has 1 aliphatic rings. The normalized spacial score (nSPS) is 12.3. The van der Waals surface area contributed by atoms with Gasteiger partial charge in [0, 0.05) is 23.3 Å². The molecule has 8 heteroatoms. The van der Waals surface area contributed by atoms with Gasteiger partial charge in [0.25, 0.3) is 0 Å². The highest BCUT2D eigenvalue weighted by molar-refractivity contribution is 9.10. The van der Waals surface area contributed by atoms with E-state index in [0.29, 0.717) is 18.2 Å². The van der Waals surface area contributed by atoms with E-state index in [-0.39, 0.29) is 5.91 Å². The molecular weight excluding hydrogens is 410 g/mol. The van der Waals surface area contributed by atoms with Crippen molar-refractivity contribution < 1.29 is 9.53 Å². The molecule has 1 aromatic heterocycles. The fourth-order valence-electron chi connectivity index (χ4n) is 2.76. The van der Waals surface area contributed by atoms with Crippen LogP contribution in [0.2, 0.25) is 0 Å². The molecule has 0 spiro atoms. The molecule has 0 saturated carbocycles. The van der Waals surface area contributed by atoms with E-state index in [1.165, 1.54) is 0 Å². The number of methoxy groups -OCH3 is 1. The van der Waals surface area contributed by atoms with Crippen molar-refractivity contribution in [3.05, 3.63) is 58.7 Å². The monoisotopic (exact) mass is 425 g/mol. The van der Waals surface area contributed by atoms with Gasteiger partial charge in [0.15, 0.2) is 0 Å². The highest BCUT2D eigenvalue weighted by Gasteiger charge is 2.17. The first-order valence-electron chi connectivity index (χ1n) is 8.24. The Balaban J connectivity index is 1.53. The van der Waals surface area contributed by atoms with Crippen LogP contribution in [0.1, 0.15) is 5.56 Å². The maximum absolute atomic E-state index is 11.5. The first-order chi connectivity index (χ1) is 13.1. The van der Waals surface area contributed by atoms with Gasteiger partial charge in [0.1, 0.15) is 11.6 Å². The third kappa shape index (κ3) is 3.85. The van der Waals surface area contributed by atoms with Crippen LogP contribution in [-0.4, -0.2) is 23.0 Å². The Kier molecular flexibility index (Phi) is 4.64. The number of halogens is 1. The van der Waals surface area contributed by atoms with Crippen LogP contribution in [0.3, 0.4) is 0 Å². The van der Waals surface area contributed by atoms with Gasteiger partial charge in [-0.2, -0.15) is 4.98 Å². The zero-order valence-corrected chi connectivity index (χ0v) is 16.0. The van der Waals surface area contributed by atoms with Crippen LogP contribution in [-0.2, 0) is 11.2 Å². The van der Waals surface area contributed by atoms with Crippen LogP contribution in [0.15, 0.2) is 53.1 Å². The molecule has 27 heavy (non-hydrogen) atoms. The van der Waals surface area contributed by atoms with E-state index >= 15 is 0 Å². The summed E-state index contributed by atoms with van der Waals surface area (Å²) in [7, 11) is 1.63. The SMILES string of the molecule is COc1ccc(Nc2nc(Nc3ccc4c(c3)CC(=O)N4)ncc2Br)cc1. The Morgan fingerprint density at radius 2 is 1.89 bits per heavy atom. The summed E-state index contributed by atoms with van der Waals surface area (Å²) in [5.41, 5.74) is 3.51. The lowest BCUT2D eigenvalue weighted by atomic mass is 10.1. The Morgan fingerprint density at radius 3 is 2.67 bits per heavy atom. The standard InChI is InChI=1S/C19H16BrN5O2/c1-27-14-5-2-12(3-6-14)22-18-15(20)10-21-19(25-18)23-13-4-7-16-11(8-13)9-17(26)24-16/h2-8,10H,9H2,1H3,(H,24,26)(H2,21,22,23,25). The van der Waals surface area contributed by atoms with E-state index in [9.17, 15) is 4.79 Å². The third-order valence-electron chi connectivity index (χ3n) is 4.08. The molecule has 0 atom stereocenters. The molecule has 1 amide bonds. The molecule has 0 aliphatic carbocycles. The fraction of sp³-hybridized carbons (Fsp3) is 0.105. The Hall–Kier alpha value is -3.13. The lowest BCUT2D eigenvalue weighted by Gasteiger charge is -2.11. The smallest absolute Gasteiger partial charge is 0.229 e. The Bertz CT molecular complexity index is 1010. The van der Waals surface area contributed by atoms with E-state index < -0.39 is 0 Å². The number of hydrogen-bond acceptors (Lipinski definition) is 6. The Morgan fingerprint density at radius 1 is 1.11 bits per heavy atom. The number of ether oxygens (including phenoxy) is 1. The van der Waals surface area contributed by atoms with Gasteiger partial charge in [-0.25, -0.2) is 4.98 Å². The van der Waals surface area contributed by atoms with Gasteiger partial charge in [0.05, 0.1) is 18.0 Å². The molecule has 3 N–H and O–H groups in total. The van der Waals surface area contributed by atoms with Crippen molar-refractivity contribution in [1.29, 1.82) is 0 Å². The molecule has 2 aromatic carbocycles. The van der Waals surface area contributed by atoms with E-state index in [2.05, 4.69) is 41.8 Å². The topological polar surface area (TPSA) is 88.2 Å². The van der Waals surface area contributed by atoms with Gasteiger partial charge in [-0.1, -0.05) is 0 Å². The van der Waals surface area contributed by atoms with Gasteiger partial charge in [-0.15, -0.1) is 0 Å². The number of amides is 1. The van der Waals surface area contributed by atoms with E-state index in [1.54, 1.807) is 13.3 Å². The highest BCUT2D eigenvalue weighted by Crippen LogP contribution is 2.29. The molecule has 7 nitrogen and oxygen atoms in total. The first-order valence-corrected chi connectivity index (χ1v) is 9.03. The highest BCUT2D eigenvalue weighted by atomic mass is 79.9. The van der Waals surface area contributed by atoms with E-state index in [4.69, 9.17) is 4.74 Å². The molecule has 0 bridgehead atoms. The summed E-state index contributed by atoms with van der Waals surface area (Å²) in [6.07, 6.45) is 2.07. The number of carbonyl (C=O) groups excluding carboxylic acids is 1. The minimum Gasteiger partial charge on any atom is -0.497 e. The molecule has 136 valence electrons. The molecule has 0 saturated heterocycles. The van der Waals surface area contributed by atoms with Crippen LogP contribution in [0, 0.1) is 0 Å². The Labute approximate surface area is 164 Å². The predicted octanol–water partition coefficient (Wildman–Crippen LogP) is 4.23. The third-order valence-corrected chi connectivity index (χ3v) is 4.66. The van der Waals surface area contributed by atoms with Gasteiger partial charge in [-0.05, 0) is 64.0 Å². The van der Waals surface area contributed by atoms with Crippen LogP contribution in [0.25, 0.3) is 0 Å². The molecule has 4 rings (SSSR count). The van der Waals surface area contributed by atoms with Crippen molar-refractivity contribution in [3.8, 4) is 5.75 Å². The van der Waals surface area contributed by atoms with Crippen molar-refractivity contribution >= 4 is 50.7 Å². The summed E-state index contributed by atoms with van der Waals surface area (Å²) >= 11 is 3.46. The molecule has 1 aliphatic heterocycles. The quantitative estimate of drug-likeness (QED) is 0.566.